The van der Waals surface area contributed by atoms with E-state index < -0.39 is 0 Å². The van der Waals surface area contributed by atoms with E-state index in [1.165, 1.54) is 9.40 Å². The van der Waals surface area contributed by atoms with Crippen LogP contribution in [0, 0.1) is 11.3 Å². The van der Waals surface area contributed by atoms with Crippen molar-refractivity contribution >= 4 is 194 Å². The Morgan fingerprint density at radius 2 is 0.564 bits per heavy atom. The van der Waals surface area contributed by atoms with E-state index in [1.807, 2.05) is 12.1 Å². The third-order valence-corrected chi connectivity index (χ3v) is 22.4. The average molecular weight is 1230 g/mol. The van der Waals surface area contributed by atoms with Crippen molar-refractivity contribution in [3.05, 3.63) is 272 Å². The summed E-state index contributed by atoms with van der Waals surface area (Å²) in [6.45, 7) is 0. The molecule has 22 aromatic rings. The number of benzene rings is 14. The predicted octanol–water partition coefficient (Wildman–Crippen LogP) is 24.6. The summed E-state index contributed by atoms with van der Waals surface area (Å²) in [5, 5.41) is 30.5. The van der Waals surface area contributed by atoms with Gasteiger partial charge in [-0.15, -0.1) is 22.7 Å². The standard InChI is InChI=1S/C85H44N4O3S2/c86-45-56-75(54-27-17-37-71-73(54)52-25-7-15-35-69(52)93-71)83(87-57-29-9-1-19-46(57)77-60(87)39-42-66-80(77)49-22-4-12-32-63(49)90-66)85(89-59-31-11-3-21-48(59)79-62(89)41-44-68-82(79)51-24-6-14-34-65(51)92-68)84(76(56)55-28-18-38-72-74(55)53-26-8-16-36-70(53)94-72)88-58-30-10-2-20-47(58)78-61(88)40-43-67-81(78)50-23-5-13-33-64(50)91-67/h1-44H. The summed E-state index contributed by atoms with van der Waals surface area (Å²) < 4.78 is 32.7. The van der Waals surface area contributed by atoms with Gasteiger partial charge in [0.2, 0.25) is 0 Å². The Bertz CT molecular complexity index is 6880. The van der Waals surface area contributed by atoms with Crippen molar-refractivity contribution in [1.82, 2.24) is 13.7 Å². The van der Waals surface area contributed by atoms with Crippen LogP contribution in [0.1, 0.15) is 5.56 Å². The van der Waals surface area contributed by atoms with Crippen molar-refractivity contribution < 1.29 is 13.3 Å². The van der Waals surface area contributed by atoms with Gasteiger partial charge in [0.1, 0.15) is 39.6 Å². The van der Waals surface area contributed by atoms with E-state index in [-0.39, 0.29) is 0 Å². The minimum atomic E-state index is 0.546. The molecule has 0 N–H and O–H groups in total. The summed E-state index contributed by atoms with van der Waals surface area (Å²) in [4.78, 5) is 0. The molecule has 434 valence electrons. The van der Waals surface area contributed by atoms with Crippen LogP contribution >= 0.6 is 22.7 Å². The van der Waals surface area contributed by atoms with Crippen molar-refractivity contribution in [3.63, 3.8) is 0 Å². The Labute approximate surface area is 540 Å². The quantitative estimate of drug-likeness (QED) is 0.172. The maximum Gasteiger partial charge on any atom is 0.136 e. The molecule has 7 nitrogen and oxygen atoms in total. The molecule has 0 aliphatic rings. The zero-order valence-corrected chi connectivity index (χ0v) is 51.4. The van der Waals surface area contributed by atoms with Gasteiger partial charge in [-0.05, 0) is 108 Å². The van der Waals surface area contributed by atoms with Crippen molar-refractivity contribution in [2.24, 2.45) is 0 Å². The van der Waals surface area contributed by atoms with Crippen LogP contribution in [0.2, 0.25) is 0 Å². The normalized spacial score (nSPS) is 12.5. The molecule has 0 aliphatic carbocycles. The molecule has 0 aliphatic heterocycles. The molecule has 0 fully saturated rings. The van der Waals surface area contributed by atoms with Gasteiger partial charge in [-0.3, -0.25) is 0 Å². The summed E-state index contributed by atoms with van der Waals surface area (Å²) in [6, 6.07) is 99.2. The first kappa shape index (κ1) is 50.5. The molecule has 0 spiro atoms. The maximum absolute atomic E-state index is 13.4. The first-order valence-corrected chi connectivity index (χ1v) is 33.2. The summed E-state index contributed by atoms with van der Waals surface area (Å²) >= 11 is 3.58. The zero-order chi connectivity index (χ0) is 61.2. The van der Waals surface area contributed by atoms with Crippen LogP contribution < -0.4 is 0 Å². The molecule has 0 saturated heterocycles. The van der Waals surface area contributed by atoms with E-state index in [2.05, 4.69) is 275 Å². The van der Waals surface area contributed by atoms with Crippen LogP contribution in [0.4, 0.5) is 0 Å². The smallest absolute Gasteiger partial charge is 0.136 e. The third-order valence-electron chi connectivity index (χ3n) is 20.1. The van der Waals surface area contributed by atoms with E-state index in [9.17, 15) is 5.26 Å². The van der Waals surface area contributed by atoms with Gasteiger partial charge < -0.3 is 27.0 Å². The lowest BCUT2D eigenvalue weighted by molar-refractivity contribution is 0.669. The Kier molecular flexibility index (Phi) is 9.95. The van der Waals surface area contributed by atoms with Crippen molar-refractivity contribution in [3.8, 4) is 45.4 Å². The van der Waals surface area contributed by atoms with Gasteiger partial charge in [0.15, 0.2) is 0 Å². The highest BCUT2D eigenvalue weighted by atomic mass is 32.1. The number of hydrogen-bond donors (Lipinski definition) is 0. The monoisotopic (exact) mass is 1230 g/mol. The fraction of sp³-hybridized carbons (Fsp3) is 0. The van der Waals surface area contributed by atoms with Gasteiger partial charge in [-0.2, -0.15) is 5.26 Å². The first-order chi connectivity index (χ1) is 46.6. The van der Waals surface area contributed by atoms with Crippen molar-refractivity contribution in [2.75, 3.05) is 0 Å². The number of thiophene rings is 2. The molecule has 0 unspecified atom stereocenters. The number of hydrogen-bond acceptors (Lipinski definition) is 6. The van der Waals surface area contributed by atoms with Gasteiger partial charge in [0, 0.05) is 116 Å². The molecule has 0 amide bonds. The Morgan fingerprint density at radius 1 is 0.245 bits per heavy atom. The number of fused-ring (bicyclic) bond motifs is 27. The molecule has 0 atom stereocenters. The minimum Gasteiger partial charge on any atom is -0.456 e. The number of rotatable bonds is 5. The Morgan fingerprint density at radius 3 is 0.947 bits per heavy atom. The lowest BCUT2D eigenvalue weighted by atomic mass is 9.85. The van der Waals surface area contributed by atoms with Crippen molar-refractivity contribution in [1.29, 1.82) is 5.26 Å². The van der Waals surface area contributed by atoms with Crippen LogP contribution in [0.15, 0.2) is 280 Å². The highest BCUT2D eigenvalue weighted by Crippen LogP contribution is 2.57. The molecule has 0 bridgehead atoms. The predicted molar refractivity (Wildman–Crippen MR) is 393 cm³/mol. The molecule has 22 rings (SSSR count). The zero-order valence-electron chi connectivity index (χ0n) is 49.7. The second kappa shape index (κ2) is 18.5. The molecule has 8 heterocycles. The minimum absolute atomic E-state index is 0.546. The summed E-state index contributed by atoms with van der Waals surface area (Å²) in [5.74, 6) is 0. The fourth-order valence-electron chi connectivity index (χ4n) is 16.5. The lowest BCUT2D eigenvalue weighted by Crippen LogP contribution is -2.14. The van der Waals surface area contributed by atoms with Crippen LogP contribution in [0.3, 0.4) is 0 Å². The molecule has 0 radical (unpaired) electrons. The second-order valence-electron chi connectivity index (χ2n) is 24.7. The molecular weight excluding hydrogens is 1190 g/mol. The van der Waals surface area contributed by atoms with Gasteiger partial charge in [-0.1, -0.05) is 170 Å². The highest BCUT2D eigenvalue weighted by Gasteiger charge is 2.37. The van der Waals surface area contributed by atoms with Crippen LogP contribution in [-0.4, -0.2) is 13.7 Å². The summed E-state index contributed by atoms with van der Waals surface area (Å²) in [5.41, 5.74) is 17.4. The van der Waals surface area contributed by atoms with Crippen LogP contribution in [0.25, 0.3) is 211 Å². The molecule has 14 aromatic carbocycles. The van der Waals surface area contributed by atoms with E-state index in [0.717, 1.165) is 201 Å². The molecule has 0 saturated carbocycles. The van der Waals surface area contributed by atoms with E-state index in [0.29, 0.717) is 5.56 Å². The lowest BCUT2D eigenvalue weighted by Gasteiger charge is -2.29. The third kappa shape index (κ3) is 6.47. The van der Waals surface area contributed by atoms with Crippen LogP contribution in [0.5, 0.6) is 0 Å². The molecule has 8 aromatic heterocycles. The first-order valence-electron chi connectivity index (χ1n) is 31.6. The maximum atomic E-state index is 13.4. The number of aromatic nitrogens is 3. The number of para-hydroxylation sites is 6. The highest BCUT2D eigenvalue weighted by molar-refractivity contribution is 7.26. The Balaban J connectivity index is 1.09. The Hall–Kier alpha value is -12.2. The molecular formula is C85H44N4O3S2. The molecule has 9 heteroatoms. The van der Waals surface area contributed by atoms with Crippen molar-refractivity contribution in [2.45, 2.75) is 0 Å². The molecule has 94 heavy (non-hydrogen) atoms. The van der Waals surface area contributed by atoms with E-state index >= 15 is 0 Å². The summed E-state index contributed by atoms with van der Waals surface area (Å²) in [6.07, 6.45) is 0. The van der Waals surface area contributed by atoms with Gasteiger partial charge in [0.05, 0.1) is 55.7 Å². The topological polar surface area (TPSA) is 78.0 Å². The van der Waals surface area contributed by atoms with Gasteiger partial charge in [0.25, 0.3) is 0 Å². The van der Waals surface area contributed by atoms with Gasteiger partial charge >= 0.3 is 0 Å². The van der Waals surface area contributed by atoms with Crippen LogP contribution in [-0.2, 0) is 0 Å². The number of furan rings is 3. The fourth-order valence-corrected chi connectivity index (χ4v) is 18.8. The largest absolute Gasteiger partial charge is 0.456 e. The number of nitrogens with zero attached hydrogens (tertiary/aromatic N) is 4. The summed E-state index contributed by atoms with van der Waals surface area (Å²) in [7, 11) is 0. The average Bonchev–Trinajstić information content (AvgIpc) is 1.44. The number of nitriles is 1. The SMILES string of the molecule is N#Cc1c(-c2cccc3sc4ccccc4c23)c(-n2c3ccccc3c3c4c(ccc32)oc2ccccc24)c(-n2c3ccccc3c3c4c(ccc32)oc2ccccc24)c(-n2c3ccccc3c3c4c(ccc32)oc2ccccc24)c1-c1cccc2sc3ccccc3c12. The second-order valence-corrected chi connectivity index (χ2v) is 26.9. The van der Waals surface area contributed by atoms with Gasteiger partial charge in [-0.25, -0.2) is 0 Å². The van der Waals surface area contributed by atoms with E-state index in [1.54, 1.807) is 22.7 Å². The van der Waals surface area contributed by atoms with E-state index in [4.69, 9.17) is 13.3 Å².